The largest absolute Gasteiger partial charge is 1.00 e. The van der Waals surface area contributed by atoms with E-state index in [0.717, 1.165) is 12.8 Å². The summed E-state index contributed by atoms with van der Waals surface area (Å²) in [6.07, 6.45) is 6.27. The molecule has 0 fully saturated rings. The van der Waals surface area contributed by atoms with Gasteiger partial charge in [0.1, 0.15) is 0 Å². The number of aromatic carboxylic acids is 1. The third-order valence-electron chi connectivity index (χ3n) is 3.25. The zero-order chi connectivity index (χ0) is 15.0. The molecule has 0 spiro atoms. The molecule has 1 atom stereocenters. The Morgan fingerprint density at radius 2 is 1.57 bits per heavy atom. The Morgan fingerprint density at radius 1 is 1.05 bits per heavy atom. The number of carbonyl (C=O) groups is 2. The monoisotopic (exact) mass is 318 g/mol. The summed E-state index contributed by atoms with van der Waals surface area (Å²) in [5.74, 6) is -1.39. The summed E-state index contributed by atoms with van der Waals surface area (Å²) in [4.78, 5) is 22.7. The van der Waals surface area contributed by atoms with Gasteiger partial charge in [-0.1, -0.05) is 63.3 Å². The molecule has 0 saturated heterocycles. The Labute approximate surface area is 153 Å². The van der Waals surface area contributed by atoms with Gasteiger partial charge in [-0.15, -0.1) is 11.6 Å². The fourth-order valence-electron chi connectivity index (χ4n) is 2.01. The van der Waals surface area contributed by atoms with Crippen molar-refractivity contribution >= 4 is 23.4 Å². The van der Waals surface area contributed by atoms with Crippen molar-refractivity contribution in [3.8, 4) is 0 Å². The molecule has 0 radical (unpaired) electrons. The number of rotatable bonds is 9. The number of carboxylic acids is 1. The van der Waals surface area contributed by atoms with Gasteiger partial charge in [-0.05, 0) is 12.0 Å². The van der Waals surface area contributed by atoms with E-state index in [0.29, 0.717) is 12.0 Å². The van der Waals surface area contributed by atoms with Crippen molar-refractivity contribution in [3.63, 3.8) is 0 Å². The molecule has 0 amide bonds. The van der Waals surface area contributed by atoms with E-state index in [1.165, 1.54) is 43.5 Å². The minimum atomic E-state index is -1.25. The van der Waals surface area contributed by atoms with Crippen LogP contribution in [0.3, 0.4) is 0 Å². The van der Waals surface area contributed by atoms with E-state index in [1.54, 1.807) is 0 Å². The molecule has 0 N–H and O–H groups in total. The first-order chi connectivity index (χ1) is 9.56. The van der Waals surface area contributed by atoms with E-state index in [-0.39, 0.29) is 40.9 Å². The molecule has 1 aromatic carbocycles. The van der Waals surface area contributed by atoms with Gasteiger partial charge in [0.2, 0.25) is 0 Å². The van der Waals surface area contributed by atoms with Crippen molar-refractivity contribution in [1.29, 1.82) is 0 Å². The van der Waals surface area contributed by atoms with Crippen LogP contribution in [0.25, 0.3) is 0 Å². The summed E-state index contributed by atoms with van der Waals surface area (Å²) in [6, 6.07) is 5.71. The Balaban J connectivity index is 0.00000400. The fraction of sp³-hybridized carbons (Fsp3) is 0.500. The predicted octanol–water partition coefficient (Wildman–Crippen LogP) is 0.205. The number of hydrogen-bond acceptors (Lipinski definition) is 3. The van der Waals surface area contributed by atoms with E-state index in [4.69, 9.17) is 11.6 Å². The molecule has 110 valence electrons. The van der Waals surface area contributed by atoms with Crippen LogP contribution in [0.1, 0.15) is 66.2 Å². The maximum Gasteiger partial charge on any atom is 1.00 e. The standard InChI is InChI=1S/C16H21ClO3.Na/c1-2-3-4-5-6-7-14(17)15(18)12-8-10-13(11-9-12)16(19)20;/h8-11,14H,2-7H2,1H3,(H,19,20);/q;+1/p-1. The van der Waals surface area contributed by atoms with Crippen molar-refractivity contribution in [2.24, 2.45) is 0 Å². The zero-order valence-electron chi connectivity index (χ0n) is 12.7. The Kier molecular flexibility index (Phi) is 11.1. The van der Waals surface area contributed by atoms with Crippen LogP contribution in [-0.4, -0.2) is 17.1 Å². The SMILES string of the molecule is CCCCCCCC(Cl)C(=O)c1ccc(C(=O)[O-])cc1.[Na+]. The van der Waals surface area contributed by atoms with Crippen LogP contribution in [0.15, 0.2) is 24.3 Å². The number of Topliss-reactive ketones (excluding diaryl/α,β-unsaturated/α-hetero) is 1. The van der Waals surface area contributed by atoms with Crippen molar-refractivity contribution in [3.05, 3.63) is 35.4 Å². The van der Waals surface area contributed by atoms with Crippen molar-refractivity contribution in [2.45, 2.75) is 50.8 Å². The van der Waals surface area contributed by atoms with E-state index in [2.05, 4.69) is 6.92 Å². The minimum Gasteiger partial charge on any atom is -0.545 e. The third kappa shape index (κ3) is 7.46. The van der Waals surface area contributed by atoms with E-state index >= 15 is 0 Å². The average molecular weight is 319 g/mol. The maximum atomic E-state index is 12.1. The Hall–Kier alpha value is -0.350. The second-order valence-electron chi connectivity index (χ2n) is 4.90. The van der Waals surface area contributed by atoms with E-state index in [1.807, 2.05) is 0 Å². The van der Waals surface area contributed by atoms with Crippen LogP contribution in [0.5, 0.6) is 0 Å². The molecule has 0 aliphatic heterocycles. The summed E-state index contributed by atoms with van der Waals surface area (Å²) in [5, 5.41) is 10.1. The van der Waals surface area contributed by atoms with Gasteiger partial charge >= 0.3 is 29.6 Å². The Bertz CT molecular complexity index is 445. The van der Waals surface area contributed by atoms with Crippen molar-refractivity contribution < 1.29 is 44.3 Å². The van der Waals surface area contributed by atoms with Crippen molar-refractivity contribution in [2.75, 3.05) is 0 Å². The number of halogens is 1. The van der Waals surface area contributed by atoms with Gasteiger partial charge < -0.3 is 9.90 Å². The summed E-state index contributed by atoms with van der Waals surface area (Å²) < 4.78 is 0. The second-order valence-corrected chi connectivity index (χ2v) is 5.43. The maximum absolute atomic E-state index is 12.1. The van der Waals surface area contributed by atoms with Gasteiger partial charge in [-0.3, -0.25) is 4.79 Å². The number of unbranched alkanes of at least 4 members (excludes halogenated alkanes) is 4. The molecule has 21 heavy (non-hydrogen) atoms. The molecule has 1 unspecified atom stereocenters. The second kappa shape index (κ2) is 11.2. The van der Waals surface area contributed by atoms with Gasteiger partial charge in [0.05, 0.1) is 11.3 Å². The predicted molar refractivity (Wildman–Crippen MR) is 78.1 cm³/mol. The average Bonchev–Trinajstić information content (AvgIpc) is 2.46. The van der Waals surface area contributed by atoms with E-state index in [9.17, 15) is 14.7 Å². The smallest absolute Gasteiger partial charge is 0.545 e. The molecule has 0 bridgehead atoms. The molecule has 5 heteroatoms. The van der Waals surface area contributed by atoms with Gasteiger partial charge in [0.15, 0.2) is 5.78 Å². The molecule has 3 nitrogen and oxygen atoms in total. The minimum absolute atomic E-state index is 0. The molecular weight excluding hydrogens is 299 g/mol. The molecule has 0 aliphatic rings. The molecule has 0 saturated carbocycles. The summed E-state index contributed by atoms with van der Waals surface area (Å²) in [6.45, 7) is 2.16. The number of alkyl halides is 1. The molecule has 0 heterocycles. The van der Waals surface area contributed by atoms with Crippen LogP contribution in [0.2, 0.25) is 0 Å². The van der Waals surface area contributed by atoms with Crippen LogP contribution in [0, 0.1) is 0 Å². The fourth-order valence-corrected chi connectivity index (χ4v) is 2.29. The number of ketones is 1. The van der Waals surface area contributed by atoms with Gasteiger partial charge in [0.25, 0.3) is 0 Å². The molecule has 1 rings (SSSR count). The Morgan fingerprint density at radius 3 is 2.10 bits per heavy atom. The summed E-state index contributed by atoms with van der Waals surface area (Å²) in [7, 11) is 0. The number of hydrogen-bond donors (Lipinski definition) is 0. The van der Waals surface area contributed by atoms with E-state index < -0.39 is 11.3 Å². The molecular formula is C16H20ClNaO3. The van der Waals surface area contributed by atoms with Crippen LogP contribution in [0.4, 0.5) is 0 Å². The van der Waals surface area contributed by atoms with Crippen molar-refractivity contribution in [1.82, 2.24) is 0 Å². The zero-order valence-corrected chi connectivity index (χ0v) is 15.5. The molecule has 0 aromatic heterocycles. The first kappa shape index (κ1) is 20.6. The summed E-state index contributed by atoms with van der Waals surface area (Å²) >= 11 is 6.10. The third-order valence-corrected chi connectivity index (χ3v) is 3.67. The first-order valence-corrected chi connectivity index (χ1v) is 7.49. The van der Waals surface area contributed by atoms with Gasteiger partial charge in [-0.2, -0.15) is 0 Å². The summed E-state index contributed by atoms with van der Waals surface area (Å²) in [5.41, 5.74) is 0.510. The molecule has 1 aromatic rings. The quantitative estimate of drug-likeness (QED) is 0.283. The normalized spacial score (nSPS) is 11.5. The van der Waals surface area contributed by atoms with Crippen LogP contribution < -0.4 is 34.7 Å². The first-order valence-electron chi connectivity index (χ1n) is 7.06. The van der Waals surface area contributed by atoms with Gasteiger partial charge in [-0.25, -0.2) is 0 Å². The number of benzene rings is 1. The van der Waals surface area contributed by atoms with Crippen LogP contribution >= 0.6 is 11.6 Å². The van der Waals surface area contributed by atoms with Crippen LogP contribution in [-0.2, 0) is 0 Å². The number of carbonyl (C=O) groups excluding carboxylic acids is 2. The number of carboxylic acid groups (broad SMARTS) is 1. The molecule has 0 aliphatic carbocycles. The topological polar surface area (TPSA) is 57.2 Å². The van der Waals surface area contributed by atoms with Gasteiger partial charge in [0, 0.05) is 5.56 Å².